The molecule has 0 saturated heterocycles. The average Bonchev–Trinajstić information content (AvgIpc) is 1.75. The molecule has 18 heavy (non-hydrogen) atoms. The second-order valence-corrected chi connectivity index (χ2v) is 13.0. The van der Waals surface area contributed by atoms with Gasteiger partial charge in [0.05, 0.1) is 0 Å². The molecule has 0 N–H and O–H groups in total. The molecule has 0 radical (unpaired) electrons. The molecule has 0 amide bonds. The molecule has 0 aliphatic carbocycles. The molecule has 0 aliphatic heterocycles. The van der Waals surface area contributed by atoms with Crippen molar-refractivity contribution in [3.63, 3.8) is 0 Å². The van der Waals surface area contributed by atoms with Crippen LogP contribution in [0.25, 0.3) is 0 Å². The molecule has 0 heterocycles. The van der Waals surface area contributed by atoms with Crippen LogP contribution in [0.5, 0.6) is 0 Å². The van der Waals surface area contributed by atoms with Crippen molar-refractivity contribution < 1.29 is 34.2 Å². The van der Waals surface area contributed by atoms with Crippen molar-refractivity contribution in [3.05, 3.63) is 0 Å². The molecule has 0 spiro atoms. The minimum atomic E-state index is -5.93. The van der Waals surface area contributed by atoms with E-state index in [0.717, 1.165) is 0 Å². The van der Waals surface area contributed by atoms with Crippen LogP contribution in [-0.4, -0.2) is 229 Å². The van der Waals surface area contributed by atoms with Gasteiger partial charge in [-0.2, -0.15) is 0 Å². The van der Waals surface area contributed by atoms with Gasteiger partial charge in [0.15, 0.2) is 0 Å². The van der Waals surface area contributed by atoms with Crippen molar-refractivity contribution >= 4 is 229 Å². The van der Waals surface area contributed by atoms with Crippen LogP contribution >= 0.6 is 0 Å². The van der Waals surface area contributed by atoms with E-state index in [2.05, 4.69) is 2.93 Å². The number of rotatable bonds is 4. The van der Waals surface area contributed by atoms with E-state index in [4.69, 9.17) is 10.4 Å². The topological polar surface area (TPSA) is 226 Å². The van der Waals surface area contributed by atoms with Gasteiger partial charge in [0, 0.05) is 0 Å². The second kappa shape index (κ2) is 22.5. The minimum absolute atomic E-state index is 0. The zero-order chi connectivity index (χ0) is 12.6. The van der Waals surface area contributed by atoms with Gasteiger partial charge in [0.2, 0.25) is 0 Å². The third-order valence-corrected chi connectivity index (χ3v) is 12.5. The molecule has 96 valence electrons. The van der Waals surface area contributed by atoms with Crippen molar-refractivity contribution in [2.45, 2.75) is 0 Å². The Morgan fingerprint density at radius 1 is 0.611 bits per heavy atom. The molecule has 11 nitrogen and oxygen atoms in total. The summed E-state index contributed by atoms with van der Waals surface area (Å²) in [5.74, 6) is 0. The van der Waals surface area contributed by atoms with E-state index < -0.39 is 82.2 Å². The first-order valence-electron chi connectivity index (χ1n) is 2.17. The van der Waals surface area contributed by atoms with Crippen LogP contribution in [0.4, 0.5) is 0 Å². The van der Waals surface area contributed by atoms with Crippen LogP contribution in [-0.2, 0) is 2.93 Å². The van der Waals surface area contributed by atoms with Crippen LogP contribution in [0.15, 0.2) is 0 Å². The first-order valence-corrected chi connectivity index (χ1v) is 14.5. The van der Waals surface area contributed by atoms with Crippen LogP contribution in [0.1, 0.15) is 0 Å². The van der Waals surface area contributed by atoms with Gasteiger partial charge in [-0.3, -0.25) is 0 Å². The van der Waals surface area contributed by atoms with Crippen molar-refractivity contribution in [2.24, 2.45) is 0 Å². The summed E-state index contributed by atoms with van der Waals surface area (Å²) in [6.07, 6.45) is 0. The van der Waals surface area contributed by atoms with Crippen LogP contribution < -0.4 is 31.2 Å². The Hall–Kier alpha value is 7.43. The van der Waals surface area contributed by atoms with Crippen LogP contribution in [0.3, 0.4) is 0 Å². The first kappa shape index (κ1) is 36.4. The maximum absolute atomic E-state index is 10.2. The van der Waals surface area contributed by atoms with Crippen molar-refractivity contribution in [2.75, 3.05) is 0 Å². The summed E-state index contributed by atoms with van der Waals surface area (Å²) < 4.78 is 91.6. The SMILES string of the molecule is [Ba+2].[Ba+2].[Ba+2].[O-][Te+]([O-])O[Te]([O-])([O-])O[Te+]([O-])[O-].[O-][Te+]([O-])[O-]. The van der Waals surface area contributed by atoms with Gasteiger partial charge in [0.1, 0.15) is 0 Å². The van der Waals surface area contributed by atoms with E-state index >= 15 is 0 Å². The molecule has 0 aliphatic rings. The van der Waals surface area contributed by atoms with Crippen molar-refractivity contribution in [3.8, 4) is 0 Å². The Morgan fingerprint density at radius 3 is 0.889 bits per heavy atom. The van der Waals surface area contributed by atoms with Crippen LogP contribution in [0, 0.1) is 0 Å². The standard InChI is InChI=1S/3Ba.H4O8Te3.H2O3Te/c;;;1-9(2)7-11(5,6)8-10(3)4;1-4(2)3/h;;;5-6H,(H,1,2)(H,3,4);(H2,1,2,3)/q3*+2;;/p-6. The Labute approximate surface area is 254 Å². The van der Waals surface area contributed by atoms with Gasteiger partial charge in [-0.15, -0.1) is 0 Å². The van der Waals surface area contributed by atoms with Gasteiger partial charge in [-0.05, 0) is 0 Å². The fourth-order valence-corrected chi connectivity index (χ4v) is 9.55. The Balaban J connectivity index is -0.0000000712. The maximum atomic E-state index is 10.2. The number of hydrogen-bond acceptors (Lipinski definition) is 11. The fourth-order valence-electron chi connectivity index (χ4n) is 0.147. The molecule has 0 fully saturated rings. The summed E-state index contributed by atoms with van der Waals surface area (Å²) in [6, 6.07) is 0. The average molecular weight is 1100 g/mol. The van der Waals surface area contributed by atoms with E-state index in [1.807, 2.05) is 0 Å². The Morgan fingerprint density at radius 2 is 0.778 bits per heavy atom. The molecular formula is Ba3O11Te4. The molecule has 0 rings (SSSR count). The van der Waals surface area contributed by atoms with E-state index in [0.29, 0.717) is 0 Å². The molecule has 0 saturated carbocycles. The summed E-state index contributed by atoms with van der Waals surface area (Å²) in [6.45, 7) is 0. The Kier molecular flexibility index (Phi) is 45.4. The molecule has 0 aromatic rings. The quantitative estimate of drug-likeness (QED) is 0.241. The molecule has 18 heteroatoms. The van der Waals surface area contributed by atoms with Gasteiger partial charge in [-0.1, -0.05) is 0 Å². The van der Waals surface area contributed by atoms with Gasteiger partial charge < -0.3 is 0 Å². The molecule has 0 unspecified atom stereocenters. The van der Waals surface area contributed by atoms with Gasteiger partial charge in [0.25, 0.3) is 0 Å². The predicted octanol–water partition coefficient (Wildman–Crippen LogP) is -13.5. The zero-order valence-corrected chi connectivity index (χ0v) is 30.9. The third kappa shape index (κ3) is 38.8. The zero-order valence-electron chi connectivity index (χ0n) is 8.25. The Bertz CT molecular complexity index is 138. The summed E-state index contributed by atoms with van der Waals surface area (Å²) >= 11 is -19.1. The molecule has 0 bridgehead atoms. The molecular weight excluding hydrogens is 1100 g/mol. The second-order valence-electron chi connectivity index (χ2n) is 1.16. The first-order chi connectivity index (χ1) is 6.57. The summed E-state index contributed by atoms with van der Waals surface area (Å²) in [5, 5.41) is 0. The summed E-state index contributed by atoms with van der Waals surface area (Å²) in [7, 11) is 0. The van der Waals surface area contributed by atoms with E-state index in [9.17, 15) is 20.8 Å². The fraction of sp³-hybridized carbons (Fsp3) is 0. The monoisotopic (exact) mass is 1110 g/mol. The third-order valence-electron chi connectivity index (χ3n) is 0.278. The van der Waals surface area contributed by atoms with E-state index in [-0.39, 0.29) is 147 Å². The predicted molar refractivity (Wildman–Crippen MR) is 42.4 cm³/mol. The van der Waals surface area contributed by atoms with E-state index in [1.54, 1.807) is 0 Å². The molecule has 0 atom stereocenters. The van der Waals surface area contributed by atoms with Gasteiger partial charge >= 0.3 is 263 Å². The van der Waals surface area contributed by atoms with Crippen molar-refractivity contribution in [1.82, 2.24) is 0 Å². The molecule has 0 aromatic carbocycles. The van der Waals surface area contributed by atoms with Crippen molar-refractivity contribution in [1.29, 1.82) is 0 Å². The normalized spacial score (nSPS) is 10.9. The van der Waals surface area contributed by atoms with E-state index in [1.165, 1.54) is 0 Å². The molecule has 0 aromatic heterocycles. The van der Waals surface area contributed by atoms with Gasteiger partial charge in [-0.25, -0.2) is 0 Å². The summed E-state index contributed by atoms with van der Waals surface area (Å²) in [4.78, 5) is 0. The number of hydrogen-bond donors (Lipinski definition) is 0. The van der Waals surface area contributed by atoms with Crippen LogP contribution in [0.2, 0.25) is 0 Å². The summed E-state index contributed by atoms with van der Waals surface area (Å²) in [5.41, 5.74) is 0.